The van der Waals surface area contributed by atoms with Gasteiger partial charge in [-0.3, -0.25) is 4.79 Å². The van der Waals surface area contributed by atoms with Crippen LogP contribution in [0, 0.1) is 12.7 Å². The number of carbonyl (C=O) groups excluding carboxylic acids is 1. The van der Waals surface area contributed by atoms with Gasteiger partial charge >= 0.3 is 5.97 Å². The fraction of sp³-hybridized carbons (Fsp3) is 0.385. The molecule has 1 aromatic carbocycles. The van der Waals surface area contributed by atoms with Gasteiger partial charge in [0.05, 0.1) is 0 Å². The van der Waals surface area contributed by atoms with Crippen LogP contribution in [0.2, 0.25) is 0 Å². The van der Waals surface area contributed by atoms with Crippen molar-refractivity contribution >= 4 is 24.1 Å². The molecule has 0 bridgehead atoms. The molecule has 6 heteroatoms. The van der Waals surface area contributed by atoms with Crippen molar-refractivity contribution in [1.29, 1.82) is 0 Å². The van der Waals surface area contributed by atoms with Crippen molar-refractivity contribution in [2.75, 3.05) is 5.75 Å². The molecule has 0 saturated carbocycles. The zero-order valence-electron chi connectivity index (χ0n) is 10.6. The number of carboxylic acids is 1. The molecule has 0 aliphatic carbocycles. The monoisotopic (exact) mass is 285 g/mol. The first-order valence-electron chi connectivity index (χ1n) is 5.80. The summed E-state index contributed by atoms with van der Waals surface area (Å²) in [5, 5.41) is 11.1. The molecule has 104 valence electrons. The molecule has 0 radical (unpaired) electrons. The van der Waals surface area contributed by atoms with Gasteiger partial charge in [-0.15, -0.1) is 0 Å². The van der Waals surface area contributed by atoms with Crippen LogP contribution in [0.25, 0.3) is 0 Å². The van der Waals surface area contributed by atoms with E-state index in [1.54, 1.807) is 6.07 Å². The van der Waals surface area contributed by atoms with Gasteiger partial charge in [0.1, 0.15) is 11.9 Å². The van der Waals surface area contributed by atoms with Crippen LogP contribution in [0.15, 0.2) is 18.2 Å². The molecule has 4 nitrogen and oxygen atoms in total. The average molecular weight is 285 g/mol. The first kappa shape index (κ1) is 15.5. The summed E-state index contributed by atoms with van der Waals surface area (Å²) in [4.78, 5) is 21.0. The third-order valence-electron chi connectivity index (χ3n) is 2.69. The van der Waals surface area contributed by atoms with Crippen LogP contribution in [-0.4, -0.2) is 29.3 Å². The van der Waals surface area contributed by atoms with E-state index >= 15 is 0 Å². The quantitative estimate of drug-likeness (QED) is 0.566. The Balaban J connectivity index is 2.39. The number of aliphatic carboxylic acids is 1. The van der Waals surface area contributed by atoms with Crippen molar-refractivity contribution < 1.29 is 19.1 Å². The first-order chi connectivity index (χ1) is 9.04. The molecular formula is C13H16FNO3S. The van der Waals surface area contributed by atoms with Crippen LogP contribution in [0.4, 0.5) is 4.39 Å². The zero-order chi connectivity index (χ0) is 14.3. The largest absolute Gasteiger partial charge is 0.480 e. The van der Waals surface area contributed by atoms with Crippen molar-refractivity contribution in [1.82, 2.24) is 5.32 Å². The number of carbonyl (C=O) groups is 2. The highest BCUT2D eigenvalue weighted by Crippen LogP contribution is 2.18. The molecule has 0 aromatic heterocycles. The minimum atomic E-state index is -1.05. The fourth-order valence-electron chi connectivity index (χ4n) is 1.54. The Labute approximate surface area is 115 Å². The minimum Gasteiger partial charge on any atom is -0.480 e. The number of rotatable bonds is 8. The highest BCUT2D eigenvalue weighted by atomic mass is 32.2. The van der Waals surface area contributed by atoms with E-state index in [-0.39, 0.29) is 5.82 Å². The number of hydrogen-bond donors (Lipinski definition) is 2. The Hall–Kier alpha value is -1.56. The normalized spacial score (nSPS) is 11.9. The molecule has 1 rings (SSSR count). The fourth-order valence-corrected chi connectivity index (χ4v) is 2.62. The van der Waals surface area contributed by atoms with Gasteiger partial charge in [-0.1, -0.05) is 6.07 Å². The Bertz CT molecular complexity index is 454. The zero-order valence-corrected chi connectivity index (χ0v) is 11.4. The SMILES string of the molecule is Cc1ccc(F)cc1CSCCC(NC=O)C(=O)O. The van der Waals surface area contributed by atoms with Crippen molar-refractivity contribution in [3.63, 3.8) is 0 Å². The first-order valence-corrected chi connectivity index (χ1v) is 6.95. The maximum absolute atomic E-state index is 13.1. The maximum atomic E-state index is 13.1. The summed E-state index contributed by atoms with van der Waals surface area (Å²) in [5.74, 6) is -0.119. The summed E-state index contributed by atoms with van der Waals surface area (Å²) >= 11 is 1.51. The third kappa shape index (κ3) is 5.30. The van der Waals surface area contributed by atoms with Gasteiger partial charge in [0, 0.05) is 5.75 Å². The second kappa shape index (κ2) is 7.78. The Morgan fingerprint density at radius 1 is 1.58 bits per heavy atom. The third-order valence-corrected chi connectivity index (χ3v) is 3.73. The predicted octanol–water partition coefficient (Wildman–Crippen LogP) is 1.96. The van der Waals surface area contributed by atoms with E-state index in [1.165, 1.54) is 23.9 Å². The van der Waals surface area contributed by atoms with Gasteiger partial charge in [-0.25, -0.2) is 9.18 Å². The lowest BCUT2D eigenvalue weighted by molar-refractivity contribution is -0.140. The van der Waals surface area contributed by atoms with Gasteiger partial charge in [-0.05, 0) is 42.4 Å². The van der Waals surface area contributed by atoms with E-state index in [9.17, 15) is 14.0 Å². The van der Waals surface area contributed by atoms with Gasteiger partial charge in [0.25, 0.3) is 0 Å². The summed E-state index contributed by atoms with van der Waals surface area (Å²) in [6.45, 7) is 1.91. The summed E-state index contributed by atoms with van der Waals surface area (Å²) in [6.07, 6.45) is 0.729. The number of aryl methyl sites for hydroxylation is 1. The summed E-state index contributed by atoms with van der Waals surface area (Å²) in [6, 6.07) is 3.76. The van der Waals surface area contributed by atoms with Crippen LogP contribution in [0.1, 0.15) is 17.5 Å². The molecule has 1 atom stereocenters. The second-order valence-electron chi connectivity index (χ2n) is 4.09. The number of carboxylic acid groups (broad SMARTS) is 1. The average Bonchev–Trinajstić information content (AvgIpc) is 2.36. The molecule has 1 unspecified atom stereocenters. The molecule has 0 aliphatic heterocycles. The Kier molecular flexibility index (Phi) is 6.35. The predicted molar refractivity (Wildman–Crippen MR) is 72.5 cm³/mol. The number of amides is 1. The minimum absolute atomic E-state index is 0.271. The summed E-state index contributed by atoms with van der Waals surface area (Å²) < 4.78 is 13.1. The van der Waals surface area contributed by atoms with Crippen molar-refractivity contribution in [3.8, 4) is 0 Å². The lowest BCUT2D eigenvalue weighted by Gasteiger charge is -2.11. The Morgan fingerprint density at radius 2 is 2.32 bits per heavy atom. The number of halogens is 1. The number of thioether (sulfide) groups is 1. The molecule has 0 saturated heterocycles. The summed E-state index contributed by atoms with van der Waals surface area (Å²) in [5.41, 5.74) is 1.91. The molecule has 0 heterocycles. The Morgan fingerprint density at radius 3 is 2.95 bits per heavy atom. The maximum Gasteiger partial charge on any atom is 0.326 e. The van der Waals surface area contributed by atoms with E-state index in [2.05, 4.69) is 5.32 Å². The molecule has 1 amide bonds. The smallest absolute Gasteiger partial charge is 0.326 e. The van der Waals surface area contributed by atoms with Crippen LogP contribution in [-0.2, 0) is 15.3 Å². The lowest BCUT2D eigenvalue weighted by atomic mass is 10.1. The topological polar surface area (TPSA) is 66.4 Å². The molecule has 0 fully saturated rings. The molecule has 19 heavy (non-hydrogen) atoms. The standard InChI is InChI=1S/C13H16FNO3S/c1-9-2-3-11(14)6-10(9)7-19-5-4-12(13(17)18)15-8-16/h2-3,6,8,12H,4-5,7H2,1H3,(H,15,16)(H,17,18). The lowest BCUT2D eigenvalue weighted by Crippen LogP contribution is -2.36. The van der Waals surface area contributed by atoms with Crippen LogP contribution >= 0.6 is 11.8 Å². The van der Waals surface area contributed by atoms with Gasteiger partial charge < -0.3 is 10.4 Å². The van der Waals surface area contributed by atoms with E-state index in [1.807, 2.05) is 6.92 Å². The van der Waals surface area contributed by atoms with Crippen molar-refractivity contribution in [2.24, 2.45) is 0 Å². The summed E-state index contributed by atoms with van der Waals surface area (Å²) in [7, 11) is 0. The number of nitrogens with one attached hydrogen (secondary N) is 1. The highest BCUT2D eigenvalue weighted by molar-refractivity contribution is 7.98. The molecular weight excluding hydrogens is 269 g/mol. The van der Waals surface area contributed by atoms with Crippen molar-refractivity contribution in [2.45, 2.75) is 25.1 Å². The van der Waals surface area contributed by atoms with E-state index in [4.69, 9.17) is 5.11 Å². The molecule has 1 aromatic rings. The number of benzene rings is 1. The van der Waals surface area contributed by atoms with Gasteiger partial charge in [-0.2, -0.15) is 11.8 Å². The molecule has 0 aliphatic rings. The van der Waals surface area contributed by atoms with Crippen LogP contribution < -0.4 is 5.32 Å². The van der Waals surface area contributed by atoms with Crippen molar-refractivity contribution in [3.05, 3.63) is 35.1 Å². The van der Waals surface area contributed by atoms with Crippen LogP contribution in [0.3, 0.4) is 0 Å². The second-order valence-corrected chi connectivity index (χ2v) is 5.19. The highest BCUT2D eigenvalue weighted by Gasteiger charge is 2.15. The number of hydrogen-bond acceptors (Lipinski definition) is 3. The van der Waals surface area contributed by atoms with Gasteiger partial charge in [0.15, 0.2) is 0 Å². The molecule has 2 N–H and O–H groups in total. The van der Waals surface area contributed by atoms with E-state index in [0.717, 1.165) is 11.1 Å². The van der Waals surface area contributed by atoms with E-state index in [0.29, 0.717) is 24.3 Å². The van der Waals surface area contributed by atoms with Crippen LogP contribution in [0.5, 0.6) is 0 Å². The molecule has 0 spiro atoms. The van der Waals surface area contributed by atoms with E-state index < -0.39 is 12.0 Å². The van der Waals surface area contributed by atoms with Gasteiger partial charge in [0.2, 0.25) is 6.41 Å².